The first kappa shape index (κ1) is 19.9. The lowest BCUT2D eigenvalue weighted by Crippen LogP contribution is -2.41. The van der Waals surface area contributed by atoms with Crippen molar-refractivity contribution in [1.82, 2.24) is 14.8 Å². The van der Waals surface area contributed by atoms with Crippen LogP contribution in [0.25, 0.3) is 0 Å². The van der Waals surface area contributed by atoms with Gasteiger partial charge in [-0.25, -0.2) is 4.98 Å². The fourth-order valence-corrected chi connectivity index (χ4v) is 4.25. The van der Waals surface area contributed by atoms with Crippen LogP contribution in [-0.4, -0.2) is 72.8 Å². The van der Waals surface area contributed by atoms with Crippen LogP contribution in [0.15, 0.2) is 22.6 Å². The lowest BCUT2D eigenvalue weighted by Gasteiger charge is -2.30. The van der Waals surface area contributed by atoms with Gasteiger partial charge < -0.3 is 28.4 Å². The highest BCUT2D eigenvalue weighted by molar-refractivity contribution is 5.95. The summed E-state index contributed by atoms with van der Waals surface area (Å²) >= 11 is 0. The molecule has 0 N–H and O–H groups in total. The summed E-state index contributed by atoms with van der Waals surface area (Å²) in [7, 11) is 0. The van der Waals surface area contributed by atoms with Gasteiger partial charge in [0.05, 0.1) is 13.2 Å². The zero-order chi connectivity index (χ0) is 21.4. The largest absolute Gasteiger partial charge is 0.454 e. The molecule has 9 heteroatoms. The fourth-order valence-electron chi connectivity index (χ4n) is 4.25. The Morgan fingerprint density at radius 1 is 0.968 bits per heavy atom. The molecule has 31 heavy (non-hydrogen) atoms. The maximum Gasteiger partial charge on any atom is 0.276 e. The first-order valence-electron chi connectivity index (χ1n) is 10.6. The molecule has 2 aromatic rings. The van der Waals surface area contributed by atoms with Crippen LogP contribution in [0.4, 0.5) is 0 Å². The molecule has 2 saturated heterocycles. The smallest absolute Gasteiger partial charge is 0.276 e. The third-order valence-electron chi connectivity index (χ3n) is 6.06. The number of amides is 2. The molecule has 0 spiro atoms. The Morgan fingerprint density at radius 3 is 2.45 bits per heavy atom. The number of oxazole rings is 1. The zero-order valence-corrected chi connectivity index (χ0v) is 17.5. The summed E-state index contributed by atoms with van der Waals surface area (Å²) in [4.78, 5) is 33.8. The van der Waals surface area contributed by atoms with Gasteiger partial charge in [0.25, 0.3) is 11.8 Å². The molecular weight excluding hydrogens is 402 g/mol. The summed E-state index contributed by atoms with van der Waals surface area (Å²) in [5, 5.41) is 0. The Bertz CT molecular complexity index is 989. The number of nitrogens with zero attached hydrogens (tertiary/aromatic N) is 3. The quantitative estimate of drug-likeness (QED) is 0.741. The Morgan fingerprint density at radius 2 is 1.68 bits per heavy atom. The van der Waals surface area contributed by atoms with Crippen molar-refractivity contribution in [2.45, 2.75) is 25.7 Å². The topological polar surface area (TPSA) is 94.3 Å². The van der Waals surface area contributed by atoms with E-state index in [-0.39, 0.29) is 24.5 Å². The number of carbonyl (C=O) groups excluding carboxylic acids is 2. The number of likely N-dealkylation sites (tertiary alicyclic amines) is 1. The number of rotatable bonds is 3. The Balaban J connectivity index is 1.22. The predicted octanol–water partition coefficient (Wildman–Crippen LogP) is 2.20. The first-order valence-corrected chi connectivity index (χ1v) is 10.6. The van der Waals surface area contributed by atoms with Gasteiger partial charge in [0, 0.05) is 37.7 Å². The molecular formula is C22H25N3O6. The minimum absolute atomic E-state index is 0.0245. The summed E-state index contributed by atoms with van der Waals surface area (Å²) in [6, 6.07) is 5.27. The molecule has 0 unspecified atom stereocenters. The van der Waals surface area contributed by atoms with Gasteiger partial charge in [-0.15, -0.1) is 0 Å². The van der Waals surface area contributed by atoms with Crippen molar-refractivity contribution in [1.29, 1.82) is 0 Å². The maximum absolute atomic E-state index is 12.9. The number of carbonyl (C=O) groups is 2. The minimum atomic E-state index is -0.105. The van der Waals surface area contributed by atoms with Gasteiger partial charge >= 0.3 is 0 Å². The Hall–Kier alpha value is -3.07. The maximum atomic E-state index is 12.9. The van der Waals surface area contributed by atoms with E-state index < -0.39 is 0 Å². The number of piperidine rings is 1. The summed E-state index contributed by atoms with van der Waals surface area (Å²) in [5.41, 5.74) is 0.976. The molecule has 1 aromatic carbocycles. The number of hydrogen-bond acceptors (Lipinski definition) is 7. The summed E-state index contributed by atoms with van der Waals surface area (Å²) < 4.78 is 21.9. The van der Waals surface area contributed by atoms with Gasteiger partial charge in [-0.3, -0.25) is 9.59 Å². The summed E-state index contributed by atoms with van der Waals surface area (Å²) in [6.07, 6.45) is 1.48. The second kappa shape index (κ2) is 8.22. The number of hydrogen-bond donors (Lipinski definition) is 0. The van der Waals surface area contributed by atoms with E-state index in [4.69, 9.17) is 18.6 Å². The number of aryl methyl sites for hydroxylation is 1. The summed E-state index contributed by atoms with van der Waals surface area (Å²) in [5.74, 6) is 2.36. The van der Waals surface area contributed by atoms with E-state index in [1.165, 1.54) is 0 Å². The van der Waals surface area contributed by atoms with Crippen molar-refractivity contribution in [2.75, 3.05) is 46.2 Å². The average molecular weight is 427 g/mol. The van der Waals surface area contributed by atoms with E-state index in [1.54, 1.807) is 30.0 Å². The normalized spacial score (nSPS) is 19.0. The Labute approximate surface area is 179 Å². The highest BCUT2D eigenvalue weighted by Crippen LogP contribution is 2.34. The van der Waals surface area contributed by atoms with Crippen molar-refractivity contribution in [3.05, 3.63) is 41.1 Å². The first-order chi connectivity index (χ1) is 15.1. The van der Waals surface area contributed by atoms with Crippen LogP contribution in [-0.2, 0) is 4.74 Å². The van der Waals surface area contributed by atoms with Crippen LogP contribution >= 0.6 is 0 Å². The second-order valence-corrected chi connectivity index (χ2v) is 8.00. The molecule has 0 atom stereocenters. The SMILES string of the molecule is Cc1oc(C2CCN(C(=O)c3ccc4c(c3)OCO4)CC2)nc1C(=O)N1CCOCC1. The minimum Gasteiger partial charge on any atom is -0.454 e. The Kier molecular flexibility index (Phi) is 5.27. The van der Waals surface area contributed by atoms with Crippen molar-refractivity contribution in [3.63, 3.8) is 0 Å². The van der Waals surface area contributed by atoms with E-state index in [2.05, 4.69) is 4.98 Å². The van der Waals surface area contributed by atoms with Crippen molar-refractivity contribution >= 4 is 11.8 Å². The van der Waals surface area contributed by atoms with Crippen molar-refractivity contribution in [3.8, 4) is 11.5 Å². The van der Waals surface area contributed by atoms with E-state index >= 15 is 0 Å². The molecule has 0 aliphatic carbocycles. The van der Waals surface area contributed by atoms with Gasteiger partial charge in [-0.05, 0) is 38.0 Å². The molecule has 1 aromatic heterocycles. The third-order valence-corrected chi connectivity index (χ3v) is 6.06. The number of benzene rings is 1. The molecule has 164 valence electrons. The van der Waals surface area contributed by atoms with Crippen LogP contribution in [0.1, 0.15) is 51.3 Å². The predicted molar refractivity (Wildman–Crippen MR) is 108 cm³/mol. The molecule has 3 aliphatic rings. The van der Waals surface area contributed by atoms with Crippen LogP contribution in [0.3, 0.4) is 0 Å². The summed E-state index contributed by atoms with van der Waals surface area (Å²) in [6.45, 7) is 5.41. The van der Waals surface area contributed by atoms with Crippen LogP contribution < -0.4 is 9.47 Å². The average Bonchev–Trinajstić information content (AvgIpc) is 3.44. The van der Waals surface area contributed by atoms with Gasteiger partial charge in [0.2, 0.25) is 6.79 Å². The van der Waals surface area contributed by atoms with Crippen LogP contribution in [0.2, 0.25) is 0 Å². The fraction of sp³-hybridized carbons (Fsp3) is 0.500. The van der Waals surface area contributed by atoms with E-state index in [1.807, 2.05) is 4.90 Å². The third kappa shape index (κ3) is 3.85. The molecule has 0 saturated carbocycles. The zero-order valence-electron chi connectivity index (χ0n) is 17.5. The number of morpholine rings is 1. The van der Waals surface area contributed by atoms with E-state index in [9.17, 15) is 9.59 Å². The van der Waals surface area contributed by atoms with Crippen molar-refractivity contribution in [2.24, 2.45) is 0 Å². The monoisotopic (exact) mass is 427 g/mol. The lowest BCUT2D eigenvalue weighted by molar-refractivity contribution is 0.0298. The second-order valence-electron chi connectivity index (χ2n) is 8.00. The molecule has 2 amide bonds. The number of fused-ring (bicyclic) bond motifs is 1. The molecule has 2 fully saturated rings. The molecule has 0 radical (unpaired) electrons. The highest BCUT2D eigenvalue weighted by atomic mass is 16.7. The molecule has 3 aliphatic heterocycles. The van der Waals surface area contributed by atoms with Crippen LogP contribution in [0, 0.1) is 6.92 Å². The standard InChI is InChI=1S/C22H25N3O6/c1-14-19(22(27)25-8-10-28-11-9-25)23-20(31-14)15-4-6-24(7-5-15)21(26)16-2-3-17-18(12-16)30-13-29-17/h2-3,12,15H,4-11,13H2,1H3. The number of ether oxygens (including phenoxy) is 3. The van der Waals surface area contributed by atoms with Gasteiger partial charge in [-0.2, -0.15) is 0 Å². The van der Waals surface area contributed by atoms with Gasteiger partial charge in [0.1, 0.15) is 5.76 Å². The number of aromatic nitrogens is 1. The van der Waals surface area contributed by atoms with Gasteiger partial charge in [0.15, 0.2) is 23.1 Å². The van der Waals surface area contributed by atoms with Crippen molar-refractivity contribution < 1.29 is 28.2 Å². The molecule has 9 nitrogen and oxygen atoms in total. The van der Waals surface area contributed by atoms with Gasteiger partial charge in [-0.1, -0.05) is 0 Å². The molecule has 5 rings (SSSR count). The van der Waals surface area contributed by atoms with E-state index in [0.29, 0.717) is 73.8 Å². The highest BCUT2D eigenvalue weighted by Gasteiger charge is 2.31. The van der Waals surface area contributed by atoms with E-state index in [0.717, 1.165) is 12.8 Å². The molecule has 0 bridgehead atoms. The molecule has 4 heterocycles. The lowest BCUT2D eigenvalue weighted by atomic mass is 9.96. The van der Waals surface area contributed by atoms with Crippen LogP contribution in [0.5, 0.6) is 11.5 Å².